The Hall–Kier alpha value is -2.86. The molecule has 1 atom stereocenters. The Morgan fingerprint density at radius 1 is 1.03 bits per heavy atom. The minimum atomic E-state index is -0.302. The van der Waals surface area contributed by atoms with Crippen LogP contribution in [-0.2, 0) is 22.6 Å². The van der Waals surface area contributed by atoms with Crippen LogP contribution in [0.25, 0.3) is 0 Å². The predicted molar refractivity (Wildman–Crippen MR) is 130 cm³/mol. The maximum absolute atomic E-state index is 12.8. The summed E-state index contributed by atoms with van der Waals surface area (Å²) in [5.74, 6) is 1.33. The van der Waals surface area contributed by atoms with E-state index in [9.17, 15) is 9.59 Å². The van der Waals surface area contributed by atoms with E-state index in [1.807, 2.05) is 36.4 Å². The first-order valence-corrected chi connectivity index (χ1v) is 12.0. The van der Waals surface area contributed by atoms with Gasteiger partial charge in [0, 0.05) is 31.7 Å². The summed E-state index contributed by atoms with van der Waals surface area (Å²) in [4.78, 5) is 29.5. The molecule has 2 saturated heterocycles. The van der Waals surface area contributed by atoms with Gasteiger partial charge in [-0.1, -0.05) is 31.2 Å². The van der Waals surface area contributed by atoms with Gasteiger partial charge in [-0.25, -0.2) is 0 Å². The van der Waals surface area contributed by atoms with Crippen LogP contribution < -0.4 is 10.1 Å². The molecule has 6 heteroatoms. The molecular weight excluding hydrogens is 414 g/mol. The van der Waals surface area contributed by atoms with Crippen LogP contribution in [0, 0.1) is 11.8 Å². The van der Waals surface area contributed by atoms with Gasteiger partial charge in [0.05, 0.1) is 13.0 Å². The van der Waals surface area contributed by atoms with E-state index < -0.39 is 0 Å². The first-order chi connectivity index (χ1) is 16.0. The average molecular weight is 450 g/mol. The zero-order valence-corrected chi connectivity index (χ0v) is 19.8. The third kappa shape index (κ3) is 6.35. The number of carbonyl (C=O) groups is 2. The van der Waals surface area contributed by atoms with Gasteiger partial charge in [0.1, 0.15) is 5.75 Å². The summed E-state index contributed by atoms with van der Waals surface area (Å²) in [6, 6.07) is 16.0. The molecule has 2 fully saturated rings. The summed E-state index contributed by atoms with van der Waals surface area (Å²) in [6.07, 6.45) is 3.58. The number of piperidine rings is 1. The lowest BCUT2D eigenvalue weighted by Crippen LogP contribution is -2.32. The fourth-order valence-electron chi connectivity index (χ4n) is 4.64. The third-order valence-electron chi connectivity index (χ3n) is 6.92. The molecule has 2 heterocycles. The molecule has 6 nitrogen and oxygen atoms in total. The summed E-state index contributed by atoms with van der Waals surface area (Å²) in [5, 5.41) is 3.00. The smallest absolute Gasteiger partial charge is 0.229 e. The van der Waals surface area contributed by atoms with Crippen LogP contribution in [0.5, 0.6) is 5.75 Å². The van der Waals surface area contributed by atoms with Gasteiger partial charge in [-0.3, -0.25) is 14.5 Å². The standard InChI is InChI=1S/C27H35N3O3/c1-20-11-14-29(15-12-20)18-22-3-7-24(8-4-22)28-27(32)23-17-26(31)30(19-23)16-13-21-5-9-25(33-2)10-6-21/h3-10,20,23H,11-19H2,1-2H3,(H,28,32). The quantitative estimate of drug-likeness (QED) is 0.663. The highest BCUT2D eigenvalue weighted by Crippen LogP contribution is 2.22. The molecule has 4 rings (SSSR count). The number of carbonyl (C=O) groups excluding carboxylic acids is 2. The van der Waals surface area contributed by atoms with Crippen LogP contribution in [0.15, 0.2) is 48.5 Å². The number of hydrogen-bond donors (Lipinski definition) is 1. The molecule has 0 bridgehead atoms. The highest BCUT2D eigenvalue weighted by atomic mass is 16.5. The molecule has 1 unspecified atom stereocenters. The van der Waals surface area contributed by atoms with Crippen molar-refractivity contribution in [1.82, 2.24) is 9.80 Å². The van der Waals surface area contributed by atoms with E-state index in [1.54, 1.807) is 12.0 Å². The summed E-state index contributed by atoms with van der Waals surface area (Å²) in [6.45, 7) is 6.70. The topological polar surface area (TPSA) is 61.9 Å². The van der Waals surface area contributed by atoms with Crippen LogP contribution in [0.2, 0.25) is 0 Å². The van der Waals surface area contributed by atoms with Gasteiger partial charge in [-0.15, -0.1) is 0 Å². The van der Waals surface area contributed by atoms with Crippen molar-refractivity contribution in [3.05, 3.63) is 59.7 Å². The molecule has 0 spiro atoms. The molecule has 0 radical (unpaired) electrons. The number of methoxy groups -OCH3 is 1. The largest absolute Gasteiger partial charge is 0.497 e. The lowest BCUT2D eigenvalue weighted by Gasteiger charge is -2.30. The summed E-state index contributed by atoms with van der Waals surface area (Å²) in [5.41, 5.74) is 3.21. The SMILES string of the molecule is COc1ccc(CCN2CC(C(=O)Nc3ccc(CN4CCC(C)CC4)cc3)CC2=O)cc1. The fraction of sp³-hybridized carbons (Fsp3) is 0.481. The number of likely N-dealkylation sites (tertiary alicyclic amines) is 2. The van der Waals surface area contributed by atoms with Crippen molar-refractivity contribution in [1.29, 1.82) is 0 Å². The molecule has 2 aromatic rings. The Morgan fingerprint density at radius 3 is 2.36 bits per heavy atom. The first-order valence-electron chi connectivity index (χ1n) is 12.0. The number of anilines is 1. The van der Waals surface area contributed by atoms with E-state index in [1.165, 1.54) is 18.4 Å². The van der Waals surface area contributed by atoms with Crippen LogP contribution in [0.1, 0.15) is 37.3 Å². The number of nitrogens with zero attached hydrogens (tertiary/aromatic N) is 2. The first kappa shape index (κ1) is 23.3. The number of nitrogens with one attached hydrogen (secondary N) is 1. The predicted octanol–water partition coefficient (Wildman–Crippen LogP) is 3.96. The number of hydrogen-bond acceptors (Lipinski definition) is 4. The van der Waals surface area contributed by atoms with Gasteiger partial charge < -0.3 is 15.0 Å². The van der Waals surface area contributed by atoms with E-state index in [4.69, 9.17) is 4.74 Å². The van der Waals surface area contributed by atoms with Crippen molar-refractivity contribution in [3.8, 4) is 5.75 Å². The lowest BCUT2D eigenvalue weighted by atomic mass is 9.99. The summed E-state index contributed by atoms with van der Waals surface area (Å²) < 4.78 is 5.19. The molecule has 33 heavy (non-hydrogen) atoms. The van der Waals surface area contributed by atoms with Crippen molar-refractivity contribution in [3.63, 3.8) is 0 Å². The normalized spacial score (nSPS) is 19.6. The highest BCUT2D eigenvalue weighted by Gasteiger charge is 2.34. The van der Waals surface area contributed by atoms with E-state index in [0.717, 1.165) is 49.0 Å². The van der Waals surface area contributed by atoms with Crippen LogP contribution in [0.4, 0.5) is 5.69 Å². The van der Waals surface area contributed by atoms with Crippen LogP contribution in [-0.4, -0.2) is 54.9 Å². The van der Waals surface area contributed by atoms with Gasteiger partial charge in [0.25, 0.3) is 0 Å². The van der Waals surface area contributed by atoms with Gasteiger partial charge in [0.2, 0.25) is 11.8 Å². The molecule has 2 aromatic carbocycles. The molecule has 2 aliphatic heterocycles. The number of amides is 2. The average Bonchev–Trinajstić information content (AvgIpc) is 3.21. The van der Waals surface area contributed by atoms with E-state index in [0.29, 0.717) is 13.1 Å². The maximum atomic E-state index is 12.8. The van der Waals surface area contributed by atoms with Gasteiger partial charge in [-0.2, -0.15) is 0 Å². The molecule has 2 amide bonds. The van der Waals surface area contributed by atoms with E-state index >= 15 is 0 Å². The van der Waals surface area contributed by atoms with Gasteiger partial charge >= 0.3 is 0 Å². The lowest BCUT2D eigenvalue weighted by molar-refractivity contribution is -0.128. The number of ether oxygens (including phenoxy) is 1. The minimum absolute atomic E-state index is 0.0508. The number of benzene rings is 2. The fourth-order valence-corrected chi connectivity index (χ4v) is 4.64. The zero-order valence-electron chi connectivity index (χ0n) is 19.8. The van der Waals surface area contributed by atoms with Crippen LogP contribution in [0.3, 0.4) is 0 Å². The summed E-state index contributed by atoms with van der Waals surface area (Å²) >= 11 is 0. The Morgan fingerprint density at radius 2 is 1.70 bits per heavy atom. The zero-order chi connectivity index (χ0) is 23.2. The second-order valence-corrected chi connectivity index (χ2v) is 9.48. The van der Waals surface area contributed by atoms with E-state index in [-0.39, 0.29) is 24.2 Å². The third-order valence-corrected chi connectivity index (χ3v) is 6.92. The maximum Gasteiger partial charge on any atom is 0.229 e. The monoisotopic (exact) mass is 449 g/mol. The van der Waals surface area contributed by atoms with Crippen LogP contribution >= 0.6 is 0 Å². The molecule has 2 aliphatic rings. The number of rotatable bonds is 8. The van der Waals surface area contributed by atoms with Gasteiger partial charge in [0.15, 0.2) is 0 Å². The molecular formula is C27H35N3O3. The highest BCUT2D eigenvalue weighted by molar-refractivity contribution is 5.97. The van der Waals surface area contributed by atoms with Crippen molar-refractivity contribution in [2.45, 2.75) is 39.2 Å². The second kappa shape index (κ2) is 10.8. The summed E-state index contributed by atoms with van der Waals surface area (Å²) in [7, 11) is 1.65. The molecule has 0 saturated carbocycles. The molecule has 176 valence electrons. The second-order valence-electron chi connectivity index (χ2n) is 9.48. The Kier molecular flexibility index (Phi) is 7.65. The Labute approximate surface area is 196 Å². The molecule has 0 aliphatic carbocycles. The minimum Gasteiger partial charge on any atom is -0.497 e. The molecule has 1 N–H and O–H groups in total. The molecule has 0 aromatic heterocycles. The van der Waals surface area contributed by atoms with Crippen molar-refractivity contribution < 1.29 is 14.3 Å². The van der Waals surface area contributed by atoms with Crippen molar-refractivity contribution >= 4 is 17.5 Å². The van der Waals surface area contributed by atoms with E-state index in [2.05, 4.69) is 29.3 Å². The Balaban J connectivity index is 1.24. The van der Waals surface area contributed by atoms with Crippen molar-refractivity contribution in [2.24, 2.45) is 11.8 Å². The van der Waals surface area contributed by atoms with Gasteiger partial charge in [-0.05, 0) is 73.7 Å². The Bertz CT molecular complexity index is 934. The van der Waals surface area contributed by atoms with Crippen molar-refractivity contribution in [2.75, 3.05) is 38.6 Å².